The van der Waals surface area contributed by atoms with Crippen LogP contribution in [0, 0.1) is 11.8 Å². The number of hydrogen-bond acceptors (Lipinski definition) is 4. The smallest absolute Gasteiger partial charge is 0.261 e. The maximum absolute atomic E-state index is 11.9. The number of thiophene rings is 1. The van der Waals surface area contributed by atoms with Crippen LogP contribution in [0.5, 0.6) is 0 Å². The van der Waals surface area contributed by atoms with Gasteiger partial charge < -0.3 is 21.1 Å². The third-order valence-corrected chi connectivity index (χ3v) is 4.74. The number of nitrogens with zero attached hydrogens (tertiary/aromatic N) is 1. The SMILES string of the molecule is CCNC(=NCC(CCO)CC(C)C)NCCCNC(=O)c1cccs1. The lowest BCUT2D eigenvalue weighted by Gasteiger charge is -2.17. The third-order valence-electron chi connectivity index (χ3n) is 3.87. The normalized spacial score (nSPS) is 12.9. The Bertz CT molecular complexity index is 518. The van der Waals surface area contributed by atoms with Crippen LogP contribution in [0.4, 0.5) is 0 Å². The number of hydrogen-bond donors (Lipinski definition) is 4. The summed E-state index contributed by atoms with van der Waals surface area (Å²) in [6.07, 6.45) is 2.68. The first-order chi connectivity index (χ1) is 12.6. The molecule has 0 aliphatic rings. The Balaban J connectivity index is 2.33. The van der Waals surface area contributed by atoms with Crippen molar-refractivity contribution in [2.45, 2.75) is 40.0 Å². The standard InChI is InChI=1S/C19H34N4O2S/c1-4-20-19(23-14-16(8-11-24)13-15(2)3)22-10-6-9-21-18(25)17-7-5-12-26-17/h5,7,12,15-16,24H,4,6,8-11,13-14H2,1-3H3,(H,21,25)(H2,20,22,23). The first kappa shape index (κ1) is 22.4. The van der Waals surface area contributed by atoms with Gasteiger partial charge in [0.15, 0.2) is 5.96 Å². The van der Waals surface area contributed by atoms with E-state index in [1.165, 1.54) is 11.3 Å². The van der Waals surface area contributed by atoms with Crippen LogP contribution in [-0.4, -0.2) is 49.8 Å². The van der Waals surface area contributed by atoms with E-state index in [2.05, 4.69) is 34.8 Å². The van der Waals surface area contributed by atoms with Crippen molar-refractivity contribution in [3.05, 3.63) is 22.4 Å². The van der Waals surface area contributed by atoms with Crippen molar-refractivity contribution < 1.29 is 9.90 Å². The molecular formula is C19H34N4O2S. The molecule has 148 valence electrons. The van der Waals surface area contributed by atoms with Crippen molar-refractivity contribution in [3.63, 3.8) is 0 Å². The summed E-state index contributed by atoms with van der Waals surface area (Å²) in [6, 6.07) is 3.71. The van der Waals surface area contributed by atoms with Gasteiger partial charge in [0.2, 0.25) is 0 Å². The molecular weight excluding hydrogens is 348 g/mol. The van der Waals surface area contributed by atoms with E-state index in [1.54, 1.807) is 0 Å². The molecule has 1 heterocycles. The van der Waals surface area contributed by atoms with Crippen LogP contribution >= 0.6 is 11.3 Å². The van der Waals surface area contributed by atoms with Gasteiger partial charge >= 0.3 is 0 Å². The summed E-state index contributed by atoms with van der Waals surface area (Å²) in [5.74, 6) is 1.79. The lowest BCUT2D eigenvalue weighted by atomic mass is 9.94. The number of rotatable bonds is 12. The van der Waals surface area contributed by atoms with E-state index in [4.69, 9.17) is 0 Å². The van der Waals surface area contributed by atoms with Gasteiger partial charge in [-0.15, -0.1) is 11.3 Å². The topological polar surface area (TPSA) is 85.8 Å². The van der Waals surface area contributed by atoms with Crippen LogP contribution in [0.1, 0.15) is 49.7 Å². The second-order valence-corrected chi connectivity index (χ2v) is 7.69. The second kappa shape index (κ2) is 13.6. The molecule has 1 aromatic rings. The van der Waals surface area contributed by atoms with Crippen LogP contribution in [0.3, 0.4) is 0 Å². The third kappa shape index (κ3) is 9.77. The molecule has 0 aromatic carbocycles. The molecule has 7 heteroatoms. The van der Waals surface area contributed by atoms with Crippen molar-refractivity contribution in [2.24, 2.45) is 16.8 Å². The van der Waals surface area contributed by atoms with E-state index in [9.17, 15) is 9.90 Å². The number of carbonyl (C=O) groups is 1. The van der Waals surface area contributed by atoms with E-state index in [0.717, 1.165) is 43.2 Å². The summed E-state index contributed by atoms with van der Waals surface area (Å²) in [7, 11) is 0. The van der Waals surface area contributed by atoms with E-state index < -0.39 is 0 Å². The van der Waals surface area contributed by atoms with Crippen molar-refractivity contribution in [2.75, 3.05) is 32.8 Å². The minimum absolute atomic E-state index is 0.0129. The minimum Gasteiger partial charge on any atom is -0.396 e. The molecule has 1 rings (SSSR count). The van der Waals surface area contributed by atoms with E-state index >= 15 is 0 Å². The Hall–Kier alpha value is -1.60. The summed E-state index contributed by atoms with van der Waals surface area (Å²) >= 11 is 1.45. The number of guanidine groups is 1. The maximum atomic E-state index is 11.9. The first-order valence-corrected chi connectivity index (χ1v) is 10.4. The zero-order valence-electron chi connectivity index (χ0n) is 16.3. The highest BCUT2D eigenvalue weighted by Gasteiger charge is 2.10. The number of aliphatic imine (C=N–C) groups is 1. The molecule has 0 aliphatic carbocycles. The molecule has 1 atom stereocenters. The van der Waals surface area contributed by atoms with Crippen molar-refractivity contribution in [1.82, 2.24) is 16.0 Å². The van der Waals surface area contributed by atoms with Gasteiger partial charge in [-0.1, -0.05) is 19.9 Å². The Kier molecular flexibility index (Phi) is 11.7. The van der Waals surface area contributed by atoms with Gasteiger partial charge in [0.05, 0.1) is 4.88 Å². The maximum Gasteiger partial charge on any atom is 0.261 e. The van der Waals surface area contributed by atoms with E-state index in [0.29, 0.717) is 24.9 Å². The van der Waals surface area contributed by atoms with Crippen molar-refractivity contribution in [1.29, 1.82) is 0 Å². The molecule has 0 saturated carbocycles. The summed E-state index contributed by atoms with van der Waals surface area (Å²) < 4.78 is 0. The fourth-order valence-electron chi connectivity index (χ4n) is 2.69. The van der Waals surface area contributed by atoms with E-state index in [1.807, 2.05) is 24.4 Å². The molecule has 1 unspecified atom stereocenters. The number of aliphatic hydroxyl groups is 1. The molecule has 6 nitrogen and oxygen atoms in total. The molecule has 4 N–H and O–H groups in total. The Labute approximate surface area is 161 Å². The molecule has 0 radical (unpaired) electrons. The summed E-state index contributed by atoms with van der Waals surface area (Å²) in [6.45, 7) is 9.52. The number of carbonyl (C=O) groups excluding carboxylic acids is 1. The van der Waals surface area contributed by atoms with Crippen molar-refractivity contribution in [3.8, 4) is 0 Å². The van der Waals surface area contributed by atoms with Gasteiger partial charge in [0.1, 0.15) is 0 Å². The van der Waals surface area contributed by atoms with Crippen LogP contribution in [-0.2, 0) is 0 Å². The predicted octanol–water partition coefficient (Wildman–Crippen LogP) is 2.47. The monoisotopic (exact) mass is 382 g/mol. The number of amides is 1. The highest BCUT2D eigenvalue weighted by Crippen LogP contribution is 2.15. The van der Waals surface area contributed by atoms with Gasteiger partial charge in [-0.2, -0.15) is 0 Å². The molecule has 0 bridgehead atoms. The minimum atomic E-state index is -0.0129. The fourth-order valence-corrected chi connectivity index (χ4v) is 3.33. The lowest BCUT2D eigenvalue weighted by molar-refractivity contribution is 0.0957. The quantitative estimate of drug-likeness (QED) is 0.254. The molecule has 26 heavy (non-hydrogen) atoms. The number of aliphatic hydroxyl groups excluding tert-OH is 1. The van der Waals surface area contributed by atoms with Crippen molar-refractivity contribution >= 4 is 23.2 Å². The zero-order chi connectivity index (χ0) is 19.2. The second-order valence-electron chi connectivity index (χ2n) is 6.74. The predicted molar refractivity (Wildman–Crippen MR) is 110 cm³/mol. The Morgan fingerprint density at radius 2 is 2.04 bits per heavy atom. The summed E-state index contributed by atoms with van der Waals surface area (Å²) in [5.41, 5.74) is 0. The molecule has 1 amide bonds. The van der Waals surface area contributed by atoms with Crippen LogP contribution in [0.2, 0.25) is 0 Å². The largest absolute Gasteiger partial charge is 0.396 e. The molecule has 1 aromatic heterocycles. The van der Waals surface area contributed by atoms with Gasteiger partial charge in [0.25, 0.3) is 5.91 Å². The highest BCUT2D eigenvalue weighted by molar-refractivity contribution is 7.12. The average molecular weight is 383 g/mol. The summed E-state index contributed by atoms with van der Waals surface area (Å²) in [5, 5.41) is 20.6. The van der Waals surface area contributed by atoms with Gasteiger partial charge in [0, 0.05) is 32.8 Å². The fraction of sp³-hybridized carbons (Fsp3) is 0.684. The molecule has 0 fully saturated rings. The first-order valence-electron chi connectivity index (χ1n) is 9.51. The Morgan fingerprint density at radius 3 is 2.65 bits per heavy atom. The average Bonchev–Trinajstić information content (AvgIpc) is 3.13. The lowest BCUT2D eigenvalue weighted by Crippen LogP contribution is -2.39. The Morgan fingerprint density at radius 1 is 1.27 bits per heavy atom. The van der Waals surface area contributed by atoms with Gasteiger partial charge in [-0.25, -0.2) is 0 Å². The molecule has 0 aliphatic heterocycles. The van der Waals surface area contributed by atoms with E-state index in [-0.39, 0.29) is 12.5 Å². The van der Waals surface area contributed by atoms with Crippen LogP contribution in [0.25, 0.3) is 0 Å². The van der Waals surface area contributed by atoms with Crippen LogP contribution < -0.4 is 16.0 Å². The zero-order valence-corrected chi connectivity index (χ0v) is 17.1. The van der Waals surface area contributed by atoms with Crippen LogP contribution in [0.15, 0.2) is 22.5 Å². The summed E-state index contributed by atoms with van der Waals surface area (Å²) in [4.78, 5) is 17.3. The molecule has 0 spiro atoms. The van der Waals surface area contributed by atoms with Gasteiger partial charge in [-0.05, 0) is 49.5 Å². The molecule has 0 saturated heterocycles. The highest BCUT2D eigenvalue weighted by atomic mass is 32.1. The van der Waals surface area contributed by atoms with Gasteiger partial charge in [-0.3, -0.25) is 9.79 Å². The number of nitrogens with one attached hydrogen (secondary N) is 3.